The van der Waals surface area contributed by atoms with Crippen LogP contribution in [0, 0.1) is 0 Å². The molecule has 1 atom stereocenters. The Morgan fingerprint density at radius 1 is 1.02 bits per heavy atom. The minimum atomic E-state index is -5.23. The van der Waals surface area contributed by atoms with Gasteiger partial charge in [-0.3, -0.25) is 19.3 Å². The van der Waals surface area contributed by atoms with Crippen LogP contribution in [0.3, 0.4) is 0 Å². The molecule has 0 aliphatic carbocycles. The molecular formula is C23H20ClF9N4O4S. The summed E-state index contributed by atoms with van der Waals surface area (Å²) in [5.74, 6) is -3.33. The van der Waals surface area contributed by atoms with Crippen molar-refractivity contribution in [3.63, 3.8) is 0 Å². The summed E-state index contributed by atoms with van der Waals surface area (Å²) in [4.78, 5) is 38.0. The summed E-state index contributed by atoms with van der Waals surface area (Å²) in [7, 11) is 0. The van der Waals surface area contributed by atoms with Gasteiger partial charge in [-0.25, -0.2) is 0 Å². The maximum atomic E-state index is 13.9. The van der Waals surface area contributed by atoms with Gasteiger partial charge in [0.25, 0.3) is 11.8 Å². The van der Waals surface area contributed by atoms with E-state index in [1.54, 1.807) is 0 Å². The van der Waals surface area contributed by atoms with E-state index in [4.69, 9.17) is 16.3 Å². The second kappa shape index (κ2) is 13.0. The van der Waals surface area contributed by atoms with Gasteiger partial charge in [0.05, 0.1) is 40.2 Å². The Labute approximate surface area is 240 Å². The summed E-state index contributed by atoms with van der Waals surface area (Å²) in [5.41, 5.74) is -2.64. The monoisotopic (exact) mass is 654 g/mol. The molecule has 8 nitrogen and oxygen atoms in total. The zero-order valence-corrected chi connectivity index (χ0v) is 22.5. The molecule has 3 rings (SSSR count). The molecule has 1 aliphatic heterocycles. The average Bonchev–Trinajstić information content (AvgIpc) is 3.28. The highest BCUT2D eigenvalue weighted by atomic mass is 35.5. The van der Waals surface area contributed by atoms with E-state index < -0.39 is 85.5 Å². The van der Waals surface area contributed by atoms with Gasteiger partial charge in [0.1, 0.15) is 12.6 Å². The Bertz CT molecular complexity index is 1280. The third-order valence-electron chi connectivity index (χ3n) is 5.61. The van der Waals surface area contributed by atoms with Crippen LogP contribution in [-0.2, 0) is 20.5 Å². The van der Waals surface area contributed by atoms with E-state index in [1.807, 2.05) is 5.32 Å². The SMILES string of the molecule is O=C(NC[C@H](C(=O)Nc1ccc(N2CCOCC2=O)c(C(F)(F)F)c1)N(CC(F)(F)F)CC(F)(F)F)c1ccc(Cl)s1. The molecule has 2 heterocycles. The second-order valence-electron chi connectivity index (χ2n) is 8.78. The van der Waals surface area contributed by atoms with Gasteiger partial charge in [0.2, 0.25) is 5.91 Å². The number of nitrogens with one attached hydrogen (secondary N) is 2. The molecule has 2 aromatic rings. The number of carbonyl (C=O) groups is 3. The molecular weight excluding hydrogens is 635 g/mol. The largest absolute Gasteiger partial charge is 0.418 e. The lowest BCUT2D eigenvalue weighted by Gasteiger charge is -2.32. The first-order chi connectivity index (χ1) is 19.3. The van der Waals surface area contributed by atoms with Crippen molar-refractivity contribution in [3.8, 4) is 0 Å². The molecule has 0 spiro atoms. The normalized spacial score (nSPS) is 15.6. The van der Waals surface area contributed by atoms with Gasteiger partial charge < -0.3 is 20.3 Å². The van der Waals surface area contributed by atoms with E-state index in [9.17, 15) is 53.9 Å². The molecule has 1 aliphatic rings. The maximum absolute atomic E-state index is 13.9. The van der Waals surface area contributed by atoms with Crippen LogP contribution in [0.4, 0.5) is 50.9 Å². The first-order valence-corrected chi connectivity index (χ1v) is 12.8. The van der Waals surface area contributed by atoms with Gasteiger partial charge in [-0.1, -0.05) is 11.6 Å². The van der Waals surface area contributed by atoms with Crippen LogP contribution < -0.4 is 15.5 Å². The van der Waals surface area contributed by atoms with Gasteiger partial charge in [0, 0.05) is 18.8 Å². The van der Waals surface area contributed by atoms with E-state index in [-0.39, 0.29) is 27.3 Å². The molecule has 2 N–H and O–H groups in total. The lowest BCUT2D eigenvalue weighted by Crippen LogP contribution is -2.55. The van der Waals surface area contributed by atoms with Crippen molar-refractivity contribution >= 4 is 52.0 Å². The summed E-state index contributed by atoms with van der Waals surface area (Å²) < 4.78 is 126. The second-order valence-corrected chi connectivity index (χ2v) is 10.5. The predicted molar refractivity (Wildman–Crippen MR) is 132 cm³/mol. The van der Waals surface area contributed by atoms with Gasteiger partial charge >= 0.3 is 18.5 Å². The maximum Gasteiger partial charge on any atom is 0.418 e. The number of thiophene rings is 1. The van der Waals surface area contributed by atoms with Gasteiger partial charge in [-0.2, -0.15) is 39.5 Å². The molecule has 1 saturated heterocycles. The van der Waals surface area contributed by atoms with Crippen molar-refractivity contribution in [1.29, 1.82) is 0 Å². The first-order valence-electron chi connectivity index (χ1n) is 11.7. The number of nitrogens with zero attached hydrogens (tertiary/aromatic N) is 2. The molecule has 0 saturated carbocycles. The fourth-order valence-electron chi connectivity index (χ4n) is 3.91. The lowest BCUT2D eigenvalue weighted by molar-refractivity contribution is -0.186. The van der Waals surface area contributed by atoms with Crippen molar-refractivity contribution in [2.75, 3.05) is 49.6 Å². The Morgan fingerprint density at radius 3 is 2.19 bits per heavy atom. The number of amides is 3. The zero-order valence-electron chi connectivity index (χ0n) is 20.9. The first kappa shape index (κ1) is 33.4. The smallest absolute Gasteiger partial charge is 0.370 e. The Balaban J connectivity index is 1.94. The summed E-state index contributed by atoms with van der Waals surface area (Å²) in [5, 5.41) is 3.97. The minimum absolute atomic E-state index is 0.0686. The minimum Gasteiger partial charge on any atom is -0.370 e. The molecule has 19 heteroatoms. The number of alkyl halides is 9. The van der Waals surface area contributed by atoms with Crippen molar-refractivity contribution in [1.82, 2.24) is 10.2 Å². The highest BCUT2D eigenvalue weighted by Gasteiger charge is 2.43. The van der Waals surface area contributed by atoms with Crippen LogP contribution in [0.25, 0.3) is 0 Å². The third-order valence-corrected chi connectivity index (χ3v) is 6.84. The number of hydrogen-bond donors (Lipinski definition) is 2. The Hall–Kier alpha value is -3.09. The van der Waals surface area contributed by atoms with E-state index in [0.29, 0.717) is 6.07 Å². The molecule has 0 unspecified atom stereocenters. The third kappa shape index (κ3) is 9.47. The van der Waals surface area contributed by atoms with Crippen LogP contribution >= 0.6 is 22.9 Å². The molecule has 1 aromatic carbocycles. The highest BCUT2D eigenvalue weighted by Crippen LogP contribution is 2.39. The van der Waals surface area contributed by atoms with Crippen LogP contribution in [-0.4, -0.2) is 80.4 Å². The number of morpholine rings is 1. The van der Waals surface area contributed by atoms with E-state index in [2.05, 4.69) is 5.32 Å². The Kier molecular flexibility index (Phi) is 10.4. The van der Waals surface area contributed by atoms with Crippen molar-refractivity contribution < 1.29 is 58.6 Å². The van der Waals surface area contributed by atoms with Gasteiger partial charge in [-0.15, -0.1) is 11.3 Å². The summed E-state index contributed by atoms with van der Waals surface area (Å²) in [6.45, 7) is -6.35. The quantitative estimate of drug-likeness (QED) is 0.374. The molecule has 232 valence electrons. The average molecular weight is 655 g/mol. The number of hydrogen-bond acceptors (Lipinski definition) is 6. The van der Waals surface area contributed by atoms with Crippen LogP contribution in [0.5, 0.6) is 0 Å². The van der Waals surface area contributed by atoms with Crippen LogP contribution in [0.1, 0.15) is 15.2 Å². The van der Waals surface area contributed by atoms with E-state index in [1.165, 1.54) is 12.1 Å². The molecule has 1 aromatic heterocycles. The molecule has 0 radical (unpaired) electrons. The number of ether oxygens (including phenoxy) is 1. The number of benzene rings is 1. The fraction of sp³-hybridized carbons (Fsp3) is 0.435. The van der Waals surface area contributed by atoms with Gasteiger partial charge in [-0.05, 0) is 30.3 Å². The summed E-state index contributed by atoms with van der Waals surface area (Å²) in [6.07, 6.45) is -15.5. The number of rotatable bonds is 9. The van der Waals surface area contributed by atoms with E-state index >= 15 is 0 Å². The van der Waals surface area contributed by atoms with Crippen LogP contribution in [0.2, 0.25) is 4.34 Å². The number of carbonyl (C=O) groups excluding carboxylic acids is 3. The van der Waals surface area contributed by atoms with Crippen molar-refractivity contribution in [2.24, 2.45) is 0 Å². The molecule has 1 fully saturated rings. The highest BCUT2D eigenvalue weighted by molar-refractivity contribution is 7.18. The lowest BCUT2D eigenvalue weighted by atomic mass is 10.1. The van der Waals surface area contributed by atoms with Crippen molar-refractivity contribution in [2.45, 2.75) is 24.6 Å². The zero-order chi connectivity index (χ0) is 31.5. The molecule has 0 bridgehead atoms. The predicted octanol–water partition coefficient (Wildman–Crippen LogP) is 4.95. The van der Waals surface area contributed by atoms with Crippen molar-refractivity contribution in [3.05, 3.63) is 45.1 Å². The summed E-state index contributed by atoms with van der Waals surface area (Å²) >= 11 is 6.47. The molecule has 3 amide bonds. The van der Waals surface area contributed by atoms with E-state index in [0.717, 1.165) is 28.4 Å². The fourth-order valence-corrected chi connectivity index (χ4v) is 4.87. The number of anilines is 2. The van der Waals surface area contributed by atoms with Crippen LogP contribution in [0.15, 0.2) is 30.3 Å². The topological polar surface area (TPSA) is 91.0 Å². The van der Waals surface area contributed by atoms with Gasteiger partial charge in [0.15, 0.2) is 0 Å². The molecule has 42 heavy (non-hydrogen) atoms. The standard InChI is InChI=1S/C23H20ClF9N4O4S/c24-17-4-3-16(42-17)20(40)34-8-15(36(10-21(25,26)27)11-22(28,29)30)19(39)35-12-1-2-14(13(7-12)23(31,32)33)37-5-6-41-9-18(37)38/h1-4,7,15H,5-6,8-11H2,(H,34,40)(H,35,39)/t15-/m1/s1. The number of halogens is 10. The summed E-state index contributed by atoms with van der Waals surface area (Å²) in [6, 6.07) is 2.28. The Morgan fingerprint density at radius 2 is 1.67 bits per heavy atom.